The van der Waals surface area contributed by atoms with Gasteiger partial charge in [0.25, 0.3) is 0 Å². The van der Waals surface area contributed by atoms with Crippen molar-refractivity contribution in [3.05, 3.63) is 59.2 Å². The molecule has 0 spiro atoms. The number of carboxylic acids is 1. The predicted octanol–water partition coefficient (Wildman–Crippen LogP) is 4.31. The molecule has 0 saturated carbocycles. The van der Waals surface area contributed by atoms with Crippen molar-refractivity contribution >= 4 is 28.5 Å². The van der Waals surface area contributed by atoms with Crippen molar-refractivity contribution in [2.75, 3.05) is 0 Å². The summed E-state index contributed by atoms with van der Waals surface area (Å²) >= 11 is 6.03. The first-order chi connectivity index (χ1) is 9.63. The van der Waals surface area contributed by atoms with E-state index in [1.807, 2.05) is 30.3 Å². The predicted molar refractivity (Wildman–Crippen MR) is 76.8 cm³/mol. The largest absolute Gasteiger partial charge is 0.477 e. The number of carbonyl (C=O) groups is 1. The molecule has 3 aromatic rings. The van der Waals surface area contributed by atoms with E-state index < -0.39 is 5.97 Å². The number of aromatic amines is 1. The van der Waals surface area contributed by atoms with Gasteiger partial charge in [-0.15, -0.1) is 0 Å². The van der Waals surface area contributed by atoms with Crippen molar-refractivity contribution < 1.29 is 14.6 Å². The molecular formula is C15H10ClNO3. The molecule has 1 heterocycles. The molecule has 0 unspecified atom stereocenters. The van der Waals surface area contributed by atoms with E-state index in [9.17, 15) is 4.79 Å². The number of nitrogens with one attached hydrogen (secondary N) is 1. The van der Waals surface area contributed by atoms with E-state index in [0.717, 1.165) is 0 Å². The number of para-hydroxylation sites is 1. The van der Waals surface area contributed by atoms with Gasteiger partial charge in [0.2, 0.25) is 0 Å². The Labute approximate surface area is 119 Å². The van der Waals surface area contributed by atoms with Crippen LogP contribution < -0.4 is 4.74 Å². The molecule has 0 aliphatic carbocycles. The standard InChI is InChI=1S/C15H10ClNO3/c16-9-6-12-11(8-13(17-12)15(18)19)14(7-9)20-10-4-2-1-3-5-10/h1-8,17H,(H,18,19). The van der Waals surface area contributed by atoms with Crippen molar-refractivity contribution in [3.63, 3.8) is 0 Å². The van der Waals surface area contributed by atoms with Crippen LogP contribution in [0.4, 0.5) is 0 Å². The van der Waals surface area contributed by atoms with Crippen LogP contribution in [0.1, 0.15) is 10.5 Å². The van der Waals surface area contributed by atoms with Gasteiger partial charge in [-0.05, 0) is 24.3 Å². The summed E-state index contributed by atoms with van der Waals surface area (Å²) in [7, 11) is 0. The number of hydrogen-bond acceptors (Lipinski definition) is 2. The zero-order valence-corrected chi connectivity index (χ0v) is 11.0. The van der Waals surface area contributed by atoms with Crippen LogP contribution in [0.5, 0.6) is 11.5 Å². The maximum atomic E-state index is 11.0. The lowest BCUT2D eigenvalue weighted by atomic mass is 10.2. The smallest absolute Gasteiger partial charge is 0.352 e. The minimum atomic E-state index is -1.03. The van der Waals surface area contributed by atoms with E-state index in [-0.39, 0.29) is 5.69 Å². The molecular weight excluding hydrogens is 278 g/mol. The Morgan fingerprint density at radius 1 is 1.15 bits per heavy atom. The first-order valence-electron chi connectivity index (χ1n) is 5.92. The van der Waals surface area contributed by atoms with E-state index in [0.29, 0.717) is 27.4 Å². The molecule has 0 aliphatic rings. The molecule has 20 heavy (non-hydrogen) atoms. The van der Waals surface area contributed by atoms with E-state index >= 15 is 0 Å². The second-order valence-corrected chi connectivity index (χ2v) is 4.70. The summed E-state index contributed by atoms with van der Waals surface area (Å²) in [5, 5.41) is 10.2. The number of hydrogen-bond donors (Lipinski definition) is 2. The third kappa shape index (κ3) is 2.33. The number of fused-ring (bicyclic) bond motifs is 1. The van der Waals surface area contributed by atoms with E-state index in [4.69, 9.17) is 21.4 Å². The lowest BCUT2D eigenvalue weighted by Gasteiger charge is -2.07. The lowest BCUT2D eigenvalue weighted by molar-refractivity contribution is 0.0691. The van der Waals surface area contributed by atoms with Crippen molar-refractivity contribution in [2.24, 2.45) is 0 Å². The highest BCUT2D eigenvalue weighted by atomic mass is 35.5. The van der Waals surface area contributed by atoms with E-state index in [1.165, 1.54) is 6.07 Å². The number of carboxylic acid groups (broad SMARTS) is 1. The first kappa shape index (κ1) is 12.6. The van der Waals surface area contributed by atoms with Crippen LogP contribution in [0.2, 0.25) is 5.02 Å². The average molecular weight is 288 g/mol. The van der Waals surface area contributed by atoms with Crippen molar-refractivity contribution in [3.8, 4) is 11.5 Å². The molecule has 0 radical (unpaired) electrons. The summed E-state index contributed by atoms with van der Waals surface area (Å²) in [6.07, 6.45) is 0. The second kappa shape index (κ2) is 4.90. The number of H-pyrrole nitrogens is 1. The number of halogens is 1. The van der Waals surface area contributed by atoms with Crippen molar-refractivity contribution in [2.45, 2.75) is 0 Å². The van der Waals surface area contributed by atoms with Gasteiger partial charge < -0.3 is 14.8 Å². The molecule has 1 aromatic heterocycles. The van der Waals surface area contributed by atoms with Crippen LogP contribution in [0.15, 0.2) is 48.5 Å². The molecule has 0 bridgehead atoms. The molecule has 4 nitrogen and oxygen atoms in total. The Morgan fingerprint density at radius 3 is 2.60 bits per heavy atom. The first-order valence-corrected chi connectivity index (χ1v) is 6.30. The molecule has 100 valence electrons. The summed E-state index contributed by atoms with van der Waals surface area (Å²) in [5.74, 6) is 0.152. The van der Waals surface area contributed by atoms with Crippen LogP contribution in [-0.2, 0) is 0 Å². The highest BCUT2D eigenvalue weighted by Gasteiger charge is 2.13. The zero-order chi connectivity index (χ0) is 14.1. The molecule has 0 fully saturated rings. The van der Waals surface area contributed by atoms with Crippen LogP contribution in [0.3, 0.4) is 0 Å². The lowest BCUT2D eigenvalue weighted by Crippen LogP contribution is -1.94. The molecule has 0 saturated heterocycles. The topological polar surface area (TPSA) is 62.3 Å². The number of aromatic nitrogens is 1. The van der Waals surface area contributed by atoms with Crippen molar-refractivity contribution in [1.29, 1.82) is 0 Å². The Kier molecular flexibility index (Phi) is 3.08. The third-order valence-electron chi connectivity index (χ3n) is 2.87. The Morgan fingerprint density at radius 2 is 1.90 bits per heavy atom. The minimum Gasteiger partial charge on any atom is -0.477 e. The highest BCUT2D eigenvalue weighted by Crippen LogP contribution is 2.33. The third-order valence-corrected chi connectivity index (χ3v) is 3.08. The molecule has 2 aromatic carbocycles. The van der Waals surface area contributed by atoms with Crippen molar-refractivity contribution in [1.82, 2.24) is 4.98 Å². The van der Waals surface area contributed by atoms with E-state index in [1.54, 1.807) is 12.1 Å². The summed E-state index contributed by atoms with van der Waals surface area (Å²) in [4.78, 5) is 13.8. The zero-order valence-electron chi connectivity index (χ0n) is 10.3. The molecule has 2 N–H and O–H groups in total. The number of aromatic carboxylic acids is 1. The van der Waals surface area contributed by atoms with Gasteiger partial charge in [0.05, 0.1) is 5.52 Å². The van der Waals surface area contributed by atoms with Gasteiger partial charge in [0.1, 0.15) is 17.2 Å². The number of benzene rings is 2. The monoisotopic (exact) mass is 287 g/mol. The summed E-state index contributed by atoms with van der Waals surface area (Å²) in [5.41, 5.74) is 0.723. The van der Waals surface area contributed by atoms with Gasteiger partial charge in [-0.2, -0.15) is 0 Å². The SMILES string of the molecule is O=C(O)c1cc2c(Oc3ccccc3)cc(Cl)cc2[nH]1. The molecule has 3 rings (SSSR count). The van der Waals surface area contributed by atoms with Gasteiger partial charge in [-0.1, -0.05) is 29.8 Å². The van der Waals surface area contributed by atoms with Gasteiger partial charge in [-0.3, -0.25) is 0 Å². The normalized spacial score (nSPS) is 10.7. The van der Waals surface area contributed by atoms with E-state index in [2.05, 4.69) is 4.98 Å². The number of rotatable bonds is 3. The molecule has 0 atom stereocenters. The molecule has 0 amide bonds. The summed E-state index contributed by atoms with van der Waals surface area (Å²) < 4.78 is 5.77. The fraction of sp³-hybridized carbons (Fsp3) is 0. The van der Waals surface area contributed by atoms with Gasteiger partial charge >= 0.3 is 5.97 Å². The van der Waals surface area contributed by atoms with Crippen LogP contribution in [0, 0.1) is 0 Å². The maximum Gasteiger partial charge on any atom is 0.352 e. The maximum absolute atomic E-state index is 11.0. The van der Waals surface area contributed by atoms with Crippen LogP contribution in [-0.4, -0.2) is 16.1 Å². The summed E-state index contributed by atoms with van der Waals surface area (Å²) in [6, 6.07) is 14.1. The fourth-order valence-electron chi connectivity index (χ4n) is 1.99. The van der Waals surface area contributed by atoms with Crippen LogP contribution in [0.25, 0.3) is 10.9 Å². The quantitative estimate of drug-likeness (QED) is 0.754. The Hall–Kier alpha value is -2.46. The average Bonchev–Trinajstić information content (AvgIpc) is 2.84. The Bertz CT molecular complexity index is 780. The second-order valence-electron chi connectivity index (χ2n) is 4.27. The number of ether oxygens (including phenoxy) is 1. The van der Waals surface area contributed by atoms with Gasteiger partial charge in [0, 0.05) is 16.5 Å². The van der Waals surface area contributed by atoms with Gasteiger partial charge in [-0.25, -0.2) is 4.79 Å². The van der Waals surface area contributed by atoms with Crippen LogP contribution >= 0.6 is 11.6 Å². The highest BCUT2D eigenvalue weighted by molar-refractivity contribution is 6.31. The summed E-state index contributed by atoms with van der Waals surface area (Å²) in [6.45, 7) is 0. The minimum absolute atomic E-state index is 0.0974. The van der Waals surface area contributed by atoms with Gasteiger partial charge in [0.15, 0.2) is 0 Å². The Balaban J connectivity index is 2.11. The molecule has 5 heteroatoms. The fourth-order valence-corrected chi connectivity index (χ4v) is 2.19. The molecule has 0 aliphatic heterocycles.